The minimum Gasteiger partial charge on any atom is -0.352 e. The Morgan fingerprint density at radius 2 is 1.66 bits per heavy atom. The van der Waals surface area contributed by atoms with Crippen molar-refractivity contribution in [1.29, 1.82) is 0 Å². The van der Waals surface area contributed by atoms with Crippen LogP contribution in [0.3, 0.4) is 0 Å². The van der Waals surface area contributed by atoms with Crippen LogP contribution in [0.4, 0.5) is 0 Å². The van der Waals surface area contributed by atoms with Gasteiger partial charge in [0.2, 0.25) is 11.8 Å². The summed E-state index contributed by atoms with van der Waals surface area (Å²) in [5.74, 6) is -0.147. The van der Waals surface area contributed by atoms with Crippen molar-refractivity contribution in [3.63, 3.8) is 0 Å². The molecule has 2 rings (SSSR count). The minimum atomic E-state index is -0.536. The van der Waals surface area contributed by atoms with Crippen LogP contribution in [-0.4, -0.2) is 28.8 Å². The minimum absolute atomic E-state index is 0.0176. The number of carbonyl (C=O) groups is 2. The Morgan fingerprint density at radius 3 is 2.24 bits per heavy atom. The highest BCUT2D eigenvalue weighted by Crippen LogP contribution is 2.17. The van der Waals surface area contributed by atoms with Gasteiger partial charge in [0.1, 0.15) is 6.04 Å². The lowest BCUT2D eigenvalue weighted by atomic mass is 10.0. The Balaban J connectivity index is 2.13. The van der Waals surface area contributed by atoms with Crippen molar-refractivity contribution in [2.45, 2.75) is 65.6 Å². The lowest BCUT2D eigenvalue weighted by Gasteiger charge is -2.29. The van der Waals surface area contributed by atoms with Gasteiger partial charge in [-0.25, -0.2) is 0 Å². The molecule has 0 unspecified atom stereocenters. The number of carbonyl (C=O) groups excluding carboxylic acids is 2. The van der Waals surface area contributed by atoms with Gasteiger partial charge in [0.25, 0.3) is 0 Å². The van der Waals surface area contributed by atoms with E-state index in [1.54, 1.807) is 11.8 Å². The van der Waals surface area contributed by atoms with E-state index in [-0.39, 0.29) is 17.9 Å². The van der Waals surface area contributed by atoms with E-state index in [9.17, 15) is 9.59 Å². The SMILES string of the molecule is CCc1ccc(CCC(=O)N(Cc2cccc(Br)c2)[C@H](C)C(=O)NC(C)C)cc1. The van der Waals surface area contributed by atoms with Crippen molar-refractivity contribution < 1.29 is 9.59 Å². The molecule has 5 heteroatoms. The summed E-state index contributed by atoms with van der Waals surface area (Å²) in [6.45, 7) is 8.17. The van der Waals surface area contributed by atoms with E-state index in [2.05, 4.69) is 52.4 Å². The van der Waals surface area contributed by atoms with Gasteiger partial charge in [0.15, 0.2) is 0 Å². The smallest absolute Gasteiger partial charge is 0.242 e. The maximum Gasteiger partial charge on any atom is 0.242 e. The zero-order chi connectivity index (χ0) is 21.4. The average molecular weight is 459 g/mol. The first-order chi connectivity index (χ1) is 13.8. The maximum atomic E-state index is 13.1. The van der Waals surface area contributed by atoms with Gasteiger partial charge in [-0.1, -0.05) is 59.3 Å². The highest BCUT2D eigenvalue weighted by atomic mass is 79.9. The van der Waals surface area contributed by atoms with Crippen molar-refractivity contribution in [3.8, 4) is 0 Å². The maximum absolute atomic E-state index is 13.1. The van der Waals surface area contributed by atoms with Crippen LogP contribution in [0.25, 0.3) is 0 Å². The predicted octanol–water partition coefficient (Wildman–Crippen LogP) is 4.89. The van der Waals surface area contributed by atoms with E-state index in [0.29, 0.717) is 19.4 Å². The summed E-state index contributed by atoms with van der Waals surface area (Å²) in [6, 6.07) is 15.7. The first-order valence-corrected chi connectivity index (χ1v) is 11.0. The van der Waals surface area contributed by atoms with E-state index in [4.69, 9.17) is 0 Å². The zero-order valence-electron chi connectivity index (χ0n) is 17.7. The first-order valence-electron chi connectivity index (χ1n) is 10.2. The van der Waals surface area contributed by atoms with Crippen molar-refractivity contribution in [1.82, 2.24) is 10.2 Å². The number of halogens is 1. The van der Waals surface area contributed by atoms with Crippen molar-refractivity contribution >= 4 is 27.7 Å². The van der Waals surface area contributed by atoms with Crippen LogP contribution in [0.5, 0.6) is 0 Å². The van der Waals surface area contributed by atoms with Crippen LogP contribution in [0.1, 0.15) is 50.8 Å². The monoisotopic (exact) mass is 458 g/mol. The summed E-state index contributed by atoms with van der Waals surface area (Å²) in [7, 11) is 0. The number of amides is 2. The topological polar surface area (TPSA) is 49.4 Å². The van der Waals surface area contributed by atoms with Crippen molar-refractivity contribution in [2.24, 2.45) is 0 Å². The third-order valence-electron chi connectivity index (χ3n) is 4.90. The van der Waals surface area contributed by atoms with Gasteiger partial charge in [0, 0.05) is 23.5 Å². The third-order valence-corrected chi connectivity index (χ3v) is 5.39. The standard InChI is InChI=1S/C24H31BrN2O2/c1-5-19-9-11-20(12-10-19)13-14-23(28)27(18(4)24(29)26-17(2)3)16-21-7-6-8-22(25)15-21/h6-12,15,17-18H,5,13-14,16H2,1-4H3,(H,26,29)/t18-/m1/s1. The van der Waals surface area contributed by atoms with Gasteiger partial charge >= 0.3 is 0 Å². The van der Waals surface area contributed by atoms with Crippen LogP contribution in [0.15, 0.2) is 53.0 Å². The molecule has 156 valence electrons. The second-order valence-electron chi connectivity index (χ2n) is 7.66. The van der Waals surface area contributed by atoms with Gasteiger partial charge in [0.05, 0.1) is 0 Å². The van der Waals surface area contributed by atoms with Gasteiger partial charge in [-0.2, -0.15) is 0 Å². The fourth-order valence-corrected chi connectivity index (χ4v) is 3.60. The summed E-state index contributed by atoms with van der Waals surface area (Å²) >= 11 is 3.48. The zero-order valence-corrected chi connectivity index (χ0v) is 19.3. The van der Waals surface area contributed by atoms with Crippen LogP contribution in [0.2, 0.25) is 0 Å². The summed E-state index contributed by atoms with van der Waals surface area (Å²) in [5.41, 5.74) is 3.41. The molecule has 2 amide bonds. The Hall–Kier alpha value is -2.14. The Kier molecular flexibility index (Phi) is 8.90. The van der Waals surface area contributed by atoms with Crippen LogP contribution >= 0.6 is 15.9 Å². The summed E-state index contributed by atoms with van der Waals surface area (Å²) in [5, 5.41) is 2.92. The predicted molar refractivity (Wildman–Crippen MR) is 122 cm³/mol. The van der Waals surface area contributed by atoms with Gasteiger partial charge in [-0.3, -0.25) is 9.59 Å². The Bertz CT molecular complexity index is 818. The van der Waals surface area contributed by atoms with Crippen molar-refractivity contribution in [2.75, 3.05) is 0 Å². The molecule has 1 N–H and O–H groups in total. The molecule has 0 aliphatic heterocycles. The largest absolute Gasteiger partial charge is 0.352 e. The number of nitrogens with one attached hydrogen (secondary N) is 1. The normalized spacial score (nSPS) is 11.9. The molecule has 0 radical (unpaired) electrons. The first kappa shape index (κ1) is 23.1. The lowest BCUT2D eigenvalue weighted by Crippen LogP contribution is -2.49. The number of hydrogen-bond donors (Lipinski definition) is 1. The highest BCUT2D eigenvalue weighted by molar-refractivity contribution is 9.10. The van der Waals surface area contributed by atoms with Crippen LogP contribution in [-0.2, 0) is 29.0 Å². The molecule has 0 aliphatic rings. The van der Waals surface area contributed by atoms with Crippen LogP contribution < -0.4 is 5.32 Å². The number of aryl methyl sites for hydroxylation is 2. The molecule has 2 aromatic rings. The molecular formula is C24H31BrN2O2. The number of nitrogens with zero attached hydrogens (tertiary/aromatic N) is 1. The summed E-state index contributed by atoms with van der Waals surface area (Å²) in [4.78, 5) is 27.4. The molecular weight excluding hydrogens is 428 g/mol. The third kappa shape index (κ3) is 7.32. The fraction of sp³-hybridized carbons (Fsp3) is 0.417. The summed E-state index contributed by atoms with van der Waals surface area (Å²) in [6.07, 6.45) is 2.04. The number of benzene rings is 2. The molecule has 0 fully saturated rings. The van der Waals surface area contributed by atoms with Gasteiger partial charge in [-0.15, -0.1) is 0 Å². The van der Waals surface area contributed by atoms with E-state index in [1.807, 2.05) is 38.1 Å². The van der Waals surface area contributed by atoms with E-state index in [0.717, 1.165) is 22.0 Å². The number of hydrogen-bond acceptors (Lipinski definition) is 2. The van der Waals surface area contributed by atoms with E-state index < -0.39 is 6.04 Å². The number of rotatable bonds is 9. The summed E-state index contributed by atoms with van der Waals surface area (Å²) < 4.78 is 0.956. The Morgan fingerprint density at radius 1 is 1.00 bits per heavy atom. The second-order valence-corrected chi connectivity index (χ2v) is 8.58. The molecule has 0 bridgehead atoms. The Labute approximate surface area is 182 Å². The molecule has 0 saturated heterocycles. The molecule has 2 aromatic carbocycles. The molecule has 0 spiro atoms. The molecule has 0 aliphatic carbocycles. The van der Waals surface area contributed by atoms with E-state index in [1.165, 1.54) is 5.56 Å². The molecule has 0 heterocycles. The van der Waals surface area contributed by atoms with Gasteiger partial charge < -0.3 is 10.2 Å². The molecule has 1 atom stereocenters. The second kappa shape index (κ2) is 11.1. The molecule has 0 saturated carbocycles. The van der Waals surface area contributed by atoms with Gasteiger partial charge in [-0.05, 0) is 62.4 Å². The molecule has 29 heavy (non-hydrogen) atoms. The molecule has 4 nitrogen and oxygen atoms in total. The van der Waals surface area contributed by atoms with E-state index >= 15 is 0 Å². The quantitative estimate of drug-likeness (QED) is 0.581. The average Bonchev–Trinajstić information content (AvgIpc) is 2.69. The fourth-order valence-electron chi connectivity index (χ4n) is 3.16. The van der Waals surface area contributed by atoms with Crippen LogP contribution in [0, 0.1) is 0 Å². The molecule has 0 aromatic heterocycles. The highest BCUT2D eigenvalue weighted by Gasteiger charge is 2.26. The van der Waals surface area contributed by atoms with Crippen molar-refractivity contribution in [3.05, 3.63) is 69.7 Å². The lowest BCUT2D eigenvalue weighted by molar-refractivity contribution is -0.140.